The van der Waals surface area contributed by atoms with Crippen molar-refractivity contribution in [3.63, 3.8) is 0 Å². The van der Waals surface area contributed by atoms with Gasteiger partial charge < -0.3 is 9.84 Å². The van der Waals surface area contributed by atoms with Crippen molar-refractivity contribution in [2.24, 2.45) is 0 Å². The Morgan fingerprint density at radius 2 is 2.31 bits per heavy atom. The number of unbranched alkanes of at least 4 members (excludes halogenated alkanes) is 1. The smallest absolute Gasteiger partial charge is 0.306 e. The van der Waals surface area contributed by atoms with Gasteiger partial charge in [-0.25, -0.2) is 0 Å². The van der Waals surface area contributed by atoms with Crippen molar-refractivity contribution >= 4 is 5.97 Å². The van der Waals surface area contributed by atoms with E-state index >= 15 is 0 Å². The summed E-state index contributed by atoms with van der Waals surface area (Å²) in [7, 11) is 0. The van der Waals surface area contributed by atoms with E-state index in [9.17, 15) is 9.90 Å². The Hall–Kier alpha value is -1.58. The van der Waals surface area contributed by atoms with Crippen LogP contribution in [0.4, 0.5) is 0 Å². The Kier molecular flexibility index (Phi) is 4.76. The van der Waals surface area contributed by atoms with Crippen LogP contribution in [0.1, 0.15) is 37.4 Å². The lowest BCUT2D eigenvalue weighted by Gasteiger charge is -2.05. The van der Waals surface area contributed by atoms with Gasteiger partial charge in [0, 0.05) is 18.2 Å². The first-order chi connectivity index (χ1) is 7.63. The first-order valence-electron chi connectivity index (χ1n) is 5.43. The maximum absolute atomic E-state index is 11.2. The van der Waals surface area contributed by atoms with Crippen molar-refractivity contribution in [1.29, 1.82) is 0 Å². The minimum Gasteiger partial charge on any atom is -0.506 e. The topological polar surface area (TPSA) is 59.4 Å². The number of aromatic nitrogens is 1. The Balaban J connectivity index is 2.42. The van der Waals surface area contributed by atoms with E-state index in [2.05, 4.69) is 4.98 Å². The number of carbonyl (C=O) groups is 1. The lowest BCUT2D eigenvalue weighted by Crippen LogP contribution is -2.04. The summed E-state index contributed by atoms with van der Waals surface area (Å²) in [4.78, 5) is 15.2. The molecule has 1 heterocycles. The molecule has 0 aromatic carbocycles. The molecule has 0 aliphatic heterocycles. The van der Waals surface area contributed by atoms with Crippen LogP contribution in [0.5, 0.6) is 5.75 Å². The van der Waals surface area contributed by atoms with E-state index in [-0.39, 0.29) is 18.3 Å². The van der Waals surface area contributed by atoms with Crippen LogP contribution in [0.3, 0.4) is 0 Å². The number of carbonyl (C=O) groups excluding carboxylic acids is 1. The Labute approximate surface area is 95.3 Å². The molecule has 0 bridgehead atoms. The molecule has 88 valence electrons. The van der Waals surface area contributed by atoms with Gasteiger partial charge in [0.05, 0.1) is 5.69 Å². The molecule has 4 nitrogen and oxygen atoms in total. The fourth-order valence-electron chi connectivity index (χ4n) is 1.20. The zero-order valence-electron chi connectivity index (χ0n) is 9.69. The zero-order valence-corrected chi connectivity index (χ0v) is 9.69. The molecule has 0 spiro atoms. The van der Waals surface area contributed by atoms with Gasteiger partial charge in [0.2, 0.25) is 0 Å². The van der Waals surface area contributed by atoms with Crippen LogP contribution in [0.25, 0.3) is 0 Å². The largest absolute Gasteiger partial charge is 0.506 e. The predicted molar refractivity (Wildman–Crippen MR) is 60.0 cm³/mol. The van der Waals surface area contributed by atoms with E-state index in [0.29, 0.717) is 17.7 Å². The Morgan fingerprint density at radius 1 is 1.56 bits per heavy atom. The standard InChI is InChI=1S/C12H17NO3/c1-3-4-5-12(15)16-8-10-6-11(14)9(2)13-7-10/h6-7,14H,3-5,8H2,1-2H3. The van der Waals surface area contributed by atoms with Crippen LogP contribution in [-0.2, 0) is 16.1 Å². The van der Waals surface area contributed by atoms with Gasteiger partial charge in [-0.15, -0.1) is 0 Å². The third kappa shape index (κ3) is 3.88. The number of rotatable bonds is 5. The lowest BCUT2D eigenvalue weighted by atomic mass is 10.2. The minimum atomic E-state index is -0.207. The van der Waals surface area contributed by atoms with Crippen molar-refractivity contribution in [3.05, 3.63) is 23.5 Å². The van der Waals surface area contributed by atoms with E-state index < -0.39 is 0 Å². The average Bonchev–Trinajstić information content (AvgIpc) is 2.28. The summed E-state index contributed by atoms with van der Waals surface area (Å²) in [5.74, 6) is -0.0796. The summed E-state index contributed by atoms with van der Waals surface area (Å²) in [6.45, 7) is 3.91. The molecule has 0 unspecified atom stereocenters. The summed E-state index contributed by atoms with van der Waals surface area (Å²) in [6, 6.07) is 1.56. The molecule has 0 fully saturated rings. The van der Waals surface area contributed by atoms with Crippen molar-refractivity contribution in [1.82, 2.24) is 4.98 Å². The SMILES string of the molecule is CCCCC(=O)OCc1cnc(C)c(O)c1. The van der Waals surface area contributed by atoms with E-state index in [1.54, 1.807) is 19.2 Å². The van der Waals surface area contributed by atoms with Crippen molar-refractivity contribution in [2.45, 2.75) is 39.7 Å². The molecule has 1 rings (SSSR count). The molecule has 16 heavy (non-hydrogen) atoms. The second-order valence-corrected chi connectivity index (χ2v) is 3.71. The Bertz CT molecular complexity index is 363. The molecule has 0 amide bonds. The third-order valence-corrected chi connectivity index (χ3v) is 2.25. The molecule has 1 aromatic rings. The number of hydrogen-bond acceptors (Lipinski definition) is 4. The molecule has 1 N–H and O–H groups in total. The van der Waals surface area contributed by atoms with Crippen LogP contribution < -0.4 is 0 Å². The van der Waals surface area contributed by atoms with Crippen molar-refractivity contribution in [3.8, 4) is 5.75 Å². The third-order valence-electron chi connectivity index (χ3n) is 2.25. The molecule has 4 heteroatoms. The highest BCUT2D eigenvalue weighted by Gasteiger charge is 2.04. The highest BCUT2D eigenvalue weighted by atomic mass is 16.5. The fourth-order valence-corrected chi connectivity index (χ4v) is 1.20. The molecular weight excluding hydrogens is 206 g/mol. The number of hydrogen-bond donors (Lipinski definition) is 1. The second-order valence-electron chi connectivity index (χ2n) is 3.71. The van der Waals surface area contributed by atoms with Crippen LogP contribution in [0.2, 0.25) is 0 Å². The molecular formula is C12H17NO3. The number of aromatic hydroxyl groups is 1. The first kappa shape index (κ1) is 12.5. The maximum Gasteiger partial charge on any atom is 0.306 e. The van der Waals surface area contributed by atoms with Gasteiger partial charge in [0.25, 0.3) is 0 Å². The van der Waals surface area contributed by atoms with Gasteiger partial charge in [0.1, 0.15) is 12.4 Å². The molecule has 0 aliphatic rings. The number of aryl methyl sites for hydroxylation is 1. The molecule has 0 aliphatic carbocycles. The zero-order chi connectivity index (χ0) is 12.0. The van der Waals surface area contributed by atoms with Gasteiger partial charge in [0.15, 0.2) is 0 Å². The van der Waals surface area contributed by atoms with Gasteiger partial charge in [-0.05, 0) is 19.4 Å². The molecule has 1 aromatic heterocycles. The molecule has 0 radical (unpaired) electrons. The lowest BCUT2D eigenvalue weighted by molar-refractivity contribution is -0.145. The normalized spacial score (nSPS) is 10.1. The number of ether oxygens (including phenoxy) is 1. The molecule has 0 atom stereocenters. The maximum atomic E-state index is 11.2. The molecule has 0 saturated carbocycles. The summed E-state index contributed by atoms with van der Waals surface area (Å²) in [6.07, 6.45) is 3.86. The number of esters is 1. The van der Waals surface area contributed by atoms with Crippen molar-refractivity contribution < 1.29 is 14.6 Å². The van der Waals surface area contributed by atoms with E-state index in [0.717, 1.165) is 12.8 Å². The highest BCUT2D eigenvalue weighted by Crippen LogP contribution is 2.15. The van der Waals surface area contributed by atoms with Crippen LogP contribution >= 0.6 is 0 Å². The first-order valence-corrected chi connectivity index (χ1v) is 5.43. The van der Waals surface area contributed by atoms with E-state index in [1.807, 2.05) is 6.92 Å². The van der Waals surface area contributed by atoms with Gasteiger partial charge in [-0.1, -0.05) is 13.3 Å². The van der Waals surface area contributed by atoms with E-state index in [1.165, 1.54) is 0 Å². The monoisotopic (exact) mass is 223 g/mol. The Morgan fingerprint density at radius 3 is 2.94 bits per heavy atom. The van der Waals surface area contributed by atoms with Crippen LogP contribution in [-0.4, -0.2) is 16.1 Å². The highest BCUT2D eigenvalue weighted by molar-refractivity contribution is 5.69. The minimum absolute atomic E-state index is 0.127. The number of pyridine rings is 1. The summed E-state index contributed by atoms with van der Waals surface area (Å²) < 4.78 is 5.03. The van der Waals surface area contributed by atoms with Crippen LogP contribution in [0.15, 0.2) is 12.3 Å². The van der Waals surface area contributed by atoms with Gasteiger partial charge >= 0.3 is 5.97 Å². The van der Waals surface area contributed by atoms with E-state index in [4.69, 9.17) is 4.74 Å². The predicted octanol–water partition coefficient (Wildman–Crippen LogP) is 2.33. The van der Waals surface area contributed by atoms with Crippen LogP contribution in [0, 0.1) is 6.92 Å². The van der Waals surface area contributed by atoms with Gasteiger partial charge in [-0.3, -0.25) is 9.78 Å². The number of nitrogens with zero attached hydrogens (tertiary/aromatic N) is 1. The van der Waals surface area contributed by atoms with Crippen molar-refractivity contribution in [2.75, 3.05) is 0 Å². The summed E-state index contributed by atoms with van der Waals surface area (Å²) in [5.41, 5.74) is 1.27. The fraction of sp³-hybridized carbons (Fsp3) is 0.500. The quantitative estimate of drug-likeness (QED) is 0.778. The average molecular weight is 223 g/mol. The summed E-state index contributed by atoms with van der Waals surface area (Å²) in [5, 5.41) is 9.40. The molecule has 0 saturated heterocycles. The summed E-state index contributed by atoms with van der Waals surface area (Å²) >= 11 is 0. The second kappa shape index (κ2) is 6.10. The van der Waals surface area contributed by atoms with Gasteiger partial charge in [-0.2, -0.15) is 0 Å².